The fraction of sp³-hybridized carbons (Fsp3) is 0.350. The number of nitrogens with zero attached hydrogens (tertiary/aromatic N) is 1. The van der Waals surface area contributed by atoms with Crippen molar-refractivity contribution in [2.45, 2.75) is 6.54 Å². The molecular weight excluding hydrogens is 382 g/mol. The van der Waals surface area contributed by atoms with E-state index in [4.69, 9.17) is 16.3 Å². The molecular formula is C20H25ClN3O2S+. The summed E-state index contributed by atoms with van der Waals surface area (Å²) < 4.78 is 6.15. The van der Waals surface area contributed by atoms with E-state index in [9.17, 15) is 4.79 Å². The second-order valence-corrected chi connectivity index (χ2v) is 8.30. The molecule has 2 heterocycles. The first-order chi connectivity index (χ1) is 13.1. The molecule has 1 atom stereocenters. The van der Waals surface area contributed by atoms with Crippen LogP contribution in [0, 0.1) is 0 Å². The molecule has 3 rings (SSSR count). The molecule has 1 aliphatic rings. The summed E-state index contributed by atoms with van der Waals surface area (Å²) >= 11 is 7.56. The van der Waals surface area contributed by atoms with Gasteiger partial charge in [0.2, 0.25) is 0 Å². The largest absolute Gasteiger partial charge is 0.378 e. The molecule has 1 aromatic heterocycles. The van der Waals surface area contributed by atoms with E-state index < -0.39 is 0 Å². The van der Waals surface area contributed by atoms with Gasteiger partial charge in [0.05, 0.1) is 29.0 Å². The monoisotopic (exact) mass is 406 g/mol. The highest BCUT2D eigenvalue weighted by atomic mass is 35.5. The zero-order valence-corrected chi connectivity index (χ0v) is 16.8. The Bertz CT molecular complexity index is 757. The zero-order chi connectivity index (χ0) is 19.1. The molecule has 1 amide bonds. The quantitative estimate of drug-likeness (QED) is 0.662. The molecule has 1 aromatic carbocycles. The van der Waals surface area contributed by atoms with E-state index in [1.54, 1.807) is 11.3 Å². The minimum atomic E-state index is -0.00590. The van der Waals surface area contributed by atoms with Crippen LogP contribution >= 0.6 is 22.9 Å². The maximum Gasteiger partial charge on any atom is 0.279 e. The molecule has 0 aliphatic carbocycles. The number of quaternary nitrogens is 1. The number of morpholine rings is 1. The van der Waals surface area contributed by atoms with E-state index >= 15 is 0 Å². The number of amides is 1. The van der Waals surface area contributed by atoms with Gasteiger partial charge in [-0.3, -0.25) is 4.79 Å². The fourth-order valence-corrected chi connectivity index (χ4v) is 4.27. The number of halogens is 1. The number of benzene rings is 1. The Morgan fingerprint density at radius 3 is 2.63 bits per heavy atom. The van der Waals surface area contributed by atoms with Gasteiger partial charge in [-0.05, 0) is 42.5 Å². The standard InChI is InChI=1S/C20H24ClN3O2S/c1-2-9-23(14-18-7-8-19(21)27-18)15-20(25)22-16-3-5-17(6-4-16)24-10-12-26-13-11-24/h2-8H,1,9-15H2,(H,22,25)/p+1. The molecule has 27 heavy (non-hydrogen) atoms. The summed E-state index contributed by atoms with van der Waals surface area (Å²) in [7, 11) is 0. The summed E-state index contributed by atoms with van der Waals surface area (Å²) in [4.78, 5) is 17.0. The van der Waals surface area contributed by atoms with Crippen LogP contribution in [-0.4, -0.2) is 45.3 Å². The highest BCUT2D eigenvalue weighted by molar-refractivity contribution is 7.16. The minimum absolute atomic E-state index is 0.00590. The lowest BCUT2D eigenvalue weighted by Gasteiger charge is -2.28. The number of thiophene rings is 1. The van der Waals surface area contributed by atoms with Gasteiger partial charge in [-0.1, -0.05) is 18.2 Å². The van der Waals surface area contributed by atoms with E-state index in [2.05, 4.69) is 16.8 Å². The molecule has 144 valence electrons. The van der Waals surface area contributed by atoms with Crippen LogP contribution < -0.4 is 15.1 Å². The van der Waals surface area contributed by atoms with Crippen molar-refractivity contribution < 1.29 is 14.4 Å². The molecule has 0 bridgehead atoms. The molecule has 0 radical (unpaired) electrons. The van der Waals surface area contributed by atoms with Gasteiger partial charge in [0.25, 0.3) is 5.91 Å². The molecule has 7 heteroatoms. The van der Waals surface area contributed by atoms with Crippen LogP contribution in [0.4, 0.5) is 11.4 Å². The fourth-order valence-electron chi connectivity index (χ4n) is 3.11. The van der Waals surface area contributed by atoms with E-state index in [0.717, 1.165) is 60.0 Å². The van der Waals surface area contributed by atoms with E-state index in [0.29, 0.717) is 6.54 Å². The van der Waals surface area contributed by atoms with Crippen molar-refractivity contribution in [3.8, 4) is 0 Å². The second-order valence-electron chi connectivity index (χ2n) is 6.50. The first-order valence-corrected chi connectivity index (χ1v) is 10.2. The molecule has 2 aromatic rings. The Balaban J connectivity index is 1.54. The number of hydrogen-bond donors (Lipinski definition) is 2. The molecule has 0 spiro atoms. The van der Waals surface area contributed by atoms with Crippen LogP contribution in [0.5, 0.6) is 0 Å². The number of hydrogen-bond acceptors (Lipinski definition) is 4. The van der Waals surface area contributed by atoms with Gasteiger partial charge in [0, 0.05) is 24.5 Å². The lowest BCUT2D eigenvalue weighted by atomic mass is 10.2. The molecule has 1 aliphatic heterocycles. The van der Waals surface area contributed by atoms with Crippen LogP contribution in [0.15, 0.2) is 49.1 Å². The third kappa shape index (κ3) is 6.07. The number of nitrogens with one attached hydrogen (secondary N) is 2. The number of rotatable bonds is 8. The Morgan fingerprint density at radius 1 is 1.26 bits per heavy atom. The summed E-state index contributed by atoms with van der Waals surface area (Å²) in [5, 5.41) is 2.99. The maximum absolute atomic E-state index is 12.5. The van der Waals surface area contributed by atoms with E-state index in [1.165, 1.54) is 4.88 Å². The van der Waals surface area contributed by atoms with Gasteiger partial charge in [0.1, 0.15) is 6.54 Å². The van der Waals surface area contributed by atoms with Crippen LogP contribution in [-0.2, 0) is 16.1 Å². The Labute approximate surface area is 169 Å². The number of ether oxygens (including phenoxy) is 1. The van der Waals surface area contributed by atoms with Crippen LogP contribution in [0.2, 0.25) is 4.34 Å². The second kappa shape index (κ2) is 9.90. The smallest absolute Gasteiger partial charge is 0.279 e. The zero-order valence-electron chi connectivity index (χ0n) is 15.2. The Morgan fingerprint density at radius 2 is 2.00 bits per heavy atom. The molecule has 2 N–H and O–H groups in total. The van der Waals surface area contributed by atoms with Gasteiger partial charge >= 0.3 is 0 Å². The van der Waals surface area contributed by atoms with Crippen molar-refractivity contribution in [1.82, 2.24) is 0 Å². The lowest BCUT2D eigenvalue weighted by molar-refractivity contribution is -0.899. The molecule has 1 saturated heterocycles. The summed E-state index contributed by atoms with van der Waals surface area (Å²) in [6.45, 7) is 8.99. The van der Waals surface area contributed by atoms with Crippen molar-refractivity contribution in [3.63, 3.8) is 0 Å². The Kier molecular flexibility index (Phi) is 7.29. The van der Waals surface area contributed by atoms with Crippen molar-refractivity contribution >= 4 is 40.2 Å². The first kappa shape index (κ1) is 19.9. The van der Waals surface area contributed by atoms with Crippen molar-refractivity contribution in [2.75, 3.05) is 49.6 Å². The molecule has 1 fully saturated rings. The predicted octanol–water partition coefficient (Wildman–Crippen LogP) is 2.45. The lowest BCUT2D eigenvalue weighted by Crippen LogP contribution is -3.11. The van der Waals surface area contributed by atoms with Gasteiger partial charge in [0.15, 0.2) is 6.54 Å². The van der Waals surface area contributed by atoms with Gasteiger partial charge in [-0.15, -0.1) is 11.3 Å². The van der Waals surface area contributed by atoms with Crippen LogP contribution in [0.25, 0.3) is 0 Å². The minimum Gasteiger partial charge on any atom is -0.378 e. The number of carbonyl (C=O) groups excluding carboxylic acids is 1. The Hall–Kier alpha value is -1.86. The highest BCUT2D eigenvalue weighted by Crippen LogP contribution is 2.20. The van der Waals surface area contributed by atoms with Gasteiger partial charge < -0.3 is 19.9 Å². The van der Waals surface area contributed by atoms with Crippen molar-refractivity contribution in [1.29, 1.82) is 0 Å². The molecule has 0 saturated carbocycles. The highest BCUT2D eigenvalue weighted by Gasteiger charge is 2.16. The number of carbonyl (C=O) groups is 1. The number of anilines is 2. The molecule has 1 unspecified atom stereocenters. The van der Waals surface area contributed by atoms with Gasteiger partial charge in [-0.25, -0.2) is 0 Å². The summed E-state index contributed by atoms with van der Waals surface area (Å²) in [6, 6.07) is 11.9. The third-order valence-corrected chi connectivity index (χ3v) is 5.66. The summed E-state index contributed by atoms with van der Waals surface area (Å²) in [6.07, 6.45) is 1.84. The third-order valence-electron chi connectivity index (χ3n) is 4.42. The van der Waals surface area contributed by atoms with Crippen molar-refractivity contribution in [3.05, 3.63) is 58.3 Å². The average Bonchev–Trinajstić information content (AvgIpc) is 3.08. The predicted molar refractivity (Wildman–Crippen MR) is 112 cm³/mol. The first-order valence-electron chi connectivity index (χ1n) is 9.05. The van der Waals surface area contributed by atoms with E-state index in [1.807, 2.05) is 42.5 Å². The maximum atomic E-state index is 12.5. The molecule has 5 nitrogen and oxygen atoms in total. The topological polar surface area (TPSA) is 46.0 Å². The average molecular weight is 407 g/mol. The van der Waals surface area contributed by atoms with Crippen LogP contribution in [0.1, 0.15) is 4.88 Å². The van der Waals surface area contributed by atoms with Gasteiger partial charge in [-0.2, -0.15) is 0 Å². The summed E-state index contributed by atoms with van der Waals surface area (Å²) in [5.74, 6) is -0.00590. The normalized spacial score (nSPS) is 15.4. The van der Waals surface area contributed by atoms with E-state index in [-0.39, 0.29) is 5.91 Å². The summed E-state index contributed by atoms with van der Waals surface area (Å²) in [5.41, 5.74) is 1.97. The SMILES string of the molecule is C=CC[NH+](CC(=O)Nc1ccc(N2CCOCC2)cc1)Cc1ccc(Cl)s1. The van der Waals surface area contributed by atoms with Crippen LogP contribution in [0.3, 0.4) is 0 Å². The van der Waals surface area contributed by atoms with Crippen molar-refractivity contribution in [2.24, 2.45) is 0 Å².